The third kappa shape index (κ3) is 5.01. The molecule has 1 aromatic rings. The molecule has 0 spiro atoms. The van der Waals surface area contributed by atoms with E-state index in [-0.39, 0.29) is 0 Å². The number of nitrogens with zero attached hydrogens (tertiary/aromatic N) is 1. The van der Waals surface area contributed by atoms with Crippen LogP contribution >= 0.6 is 0 Å². The van der Waals surface area contributed by atoms with Gasteiger partial charge in [-0.1, -0.05) is 26.0 Å². The molecule has 3 heteroatoms. The van der Waals surface area contributed by atoms with E-state index in [0.29, 0.717) is 12.1 Å². The van der Waals surface area contributed by atoms with Gasteiger partial charge in [-0.05, 0) is 43.4 Å². The van der Waals surface area contributed by atoms with E-state index in [1.54, 1.807) is 0 Å². The van der Waals surface area contributed by atoms with Gasteiger partial charge in [0.2, 0.25) is 0 Å². The molecule has 21 heavy (non-hydrogen) atoms. The molecule has 0 aliphatic carbocycles. The van der Waals surface area contributed by atoms with Crippen molar-refractivity contribution in [2.24, 2.45) is 0 Å². The Morgan fingerprint density at radius 2 is 2.14 bits per heavy atom. The number of ether oxygens (including phenoxy) is 1. The zero-order valence-corrected chi connectivity index (χ0v) is 14.0. The summed E-state index contributed by atoms with van der Waals surface area (Å²) in [6.07, 6.45) is 4.11. The van der Waals surface area contributed by atoms with Crippen LogP contribution in [0.3, 0.4) is 0 Å². The predicted molar refractivity (Wildman–Crippen MR) is 90.0 cm³/mol. The summed E-state index contributed by atoms with van der Waals surface area (Å²) in [6, 6.07) is 7.30. The molecule has 3 nitrogen and oxygen atoms in total. The van der Waals surface area contributed by atoms with Crippen LogP contribution in [0.15, 0.2) is 18.2 Å². The lowest BCUT2D eigenvalue weighted by Gasteiger charge is -2.29. The molecule has 1 atom stereocenters. The highest BCUT2D eigenvalue weighted by Gasteiger charge is 2.17. The van der Waals surface area contributed by atoms with Gasteiger partial charge in [0.05, 0.1) is 6.10 Å². The average molecular weight is 290 g/mol. The van der Waals surface area contributed by atoms with Gasteiger partial charge in [-0.25, -0.2) is 0 Å². The van der Waals surface area contributed by atoms with Gasteiger partial charge < -0.3 is 15.0 Å². The first kappa shape index (κ1) is 16.3. The average Bonchev–Trinajstić information content (AvgIpc) is 2.46. The summed E-state index contributed by atoms with van der Waals surface area (Å²) in [7, 11) is 2.17. The molecular weight excluding hydrogens is 260 g/mol. The van der Waals surface area contributed by atoms with Gasteiger partial charge in [0, 0.05) is 38.5 Å². The Labute approximate surface area is 129 Å². The van der Waals surface area contributed by atoms with E-state index in [9.17, 15) is 0 Å². The van der Waals surface area contributed by atoms with Crippen molar-refractivity contribution in [3.63, 3.8) is 0 Å². The summed E-state index contributed by atoms with van der Waals surface area (Å²) in [4.78, 5) is 2.34. The standard InChI is InChI=1S/C18H30N2O/c1-14(2)19-12-16-8-9-18(15(3)11-16)20(4)13-17-7-5-6-10-21-17/h8-9,11,14,17,19H,5-7,10,12-13H2,1-4H3. The monoisotopic (exact) mass is 290 g/mol. The third-order valence-electron chi connectivity index (χ3n) is 4.14. The minimum Gasteiger partial charge on any atom is -0.376 e. The molecule has 1 unspecified atom stereocenters. The highest BCUT2D eigenvalue weighted by molar-refractivity contribution is 5.54. The molecule has 0 bridgehead atoms. The maximum atomic E-state index is 5.85. The Kier molecular flexibility index (Phi) is 6.07. The van der Waals surface area contributed by atoms with Crippen molar-refractivity contribution in [1.82, 2.24) is 5.32 Å². The minimum absolute atomic E-state index is 0.394. The Morgan fingerprint density at radius 3 is 2.76 bits per heavy atom. The number of anilines is 1. The molecule has 1 aromatic carbocycles. The molecule has 0 aromatic heterocycles. The van der Waals surface area contributed by atoms with Crippen LogP contribution < -0.4 is 10.2 Å². The molecule has 0 amide bonds. The molecule has 1 saturated heterocycles. The van der Waals surface area contributed by atoms with Crippen molar-refractivity contribution in [1.29, 1.82) is 0 Å². The van der Waals surface area contributed by atoms with Crippen LogP contribution in [0, 0.1) is 6.92 Å². The van der Waals surface area contributed by atoms with Gasteiger partial charge in [0.15, 0.2) is 0 Å². The smallest absolute Gasteiger partial charge is 0.0749 e. The molecule has 1 heterocycles. The van der Waals surface area contributed by atoms with E-state index >= 15 is 0 Å². The molecule has 2 rings (SSSR count). The van der Waals surface area contributed by atoms with Gasteiger partial charge >= 0.3 is 0 Å². The molecule has 1 aliphatic rings. The van der Waals surface area contributed by atoms with Crippen LogP contribution in [-0.4, -0.2) is 32.3 Å². The Balaban J connectivity index is 1.95. The second-order valence-corrected chi connectivity index (χ2v) is 6.53. The zero-order chi connectivity index (χ0) is 15.2. The van der Waals surface area contributed by atoms with Crippen LogP contribution in [-0.2, 0) is 11.3 Å². The summed E-state index contributed by atoms with van der Waals surface area (Å²) >= 11 is 0. The molecule has 1 fully saturated rings. The number of rotatable bonds is 6. The maximum Gasteiger partial charge on any atom is 0.0749 e. The second-order valence-electron chi connectivity index (χ2n) is 6.53. The first-order valence-corrected chi connectivity index (χ1v) is 8.22. The summed E-state index contributed by atoms with van der Waals surface area (Å²) in [6.45, 7) is 9.42. The quantitative estimate of drug-likeness (QED) is 0.868. The lowest BCUT2D eigenvalue weighted by molar-refractivity contribution is 0.0216. The van der Waals surface area contributed by atoms with E-state index in [1.807, 2.05) is 0 Å². The molecule has 0 radical (unpaired) electrons. The highest BCUT2D eigenvalue weighted by Crippen LogP contribution is 2.22. The van der Waals surface area contributed by atoms with Crippen molar-refractivity contribution >= 4 is 5.69 Å². The lowest BCUT2D eigenvalue weighted by Crippen LogP contribution is -2.33. The normalized spacial score (nSPS) is 19.0. The summed E-state index contributed by atoms with van der Waals surface area (Å²) in [5.41, 5.74) is 4.01. The van der Waals surface area contributed by atoms with Crippen molar-refractivity contribution in [2.75, 3.05) is 25.1 Å². The predicted octanol–water partition coefficient (Wildman–Crippen LogP) is 3.50. The Hall–Kier alpha value is -1.06. The third-order valence-corrected chi connectivity index (χ3v) is 4.14. The second kappa shape index (κ2) is 7.81. The molecule has 1 N–H and O–H groups in total. The van der Waals surface area contributed by atoms with Gasteiger partial charge in [0.1, 0.15) is 0 Å². The number of hydrogen-bond acceptors (Lipinski definition) is 3. The zero-order valence-electron chi connectivity index (χ0n) is 14.0. The van der Waals surface area contributed by atoms with E-state index in [2.05, 4.69) is 56.2 Å². The van der Waals surface area contributed by atoms with Crippen LogP contribution in [0.5, 0.6) is 0 Å². The SMILES string of the molecule is Cc1cc(CNC(C)C)ccc1N(C)CC1CCCCO1. The van der Waals surface area contributed by atoms with Crippen LogP contribution in [0.4, 0.5) is 5.69 Å². The molecular formula is C18H30N2O. The fourth-order valence-corrected chi connectivity index (χ4v) is 2.93. The fourth-order valence-electron chi connectivity index (χ4n) is 2.93. The first-order valence-electron chi connectivity index (χ1n) is 8.22. The molecule has 1 aliphatic heterocycles. The van der Waals surface area contributed by atoms with Crippen LogP contribution in [0.25, 0.3) is 0 Å². The Bertz CT molecular complexity index is 439. The largest absolute Gasteiger partial charge is 0.376 e. The van der Waals surface area contributed by atoms with Crippen LogP contribution in [0.1, 0.15) is 44.2 Å². The van der Waals surface area contributed by atoms with Crippen molar-refractivity contribution in [3.05, 3.63) is 29.3 Å². The van der Waals surface area contributed by atoms with Crippen molar-refractivity contribution in [2.45, 2.75) is 58.7 Å². The summed E-state index contributed by atoms with van der Waals surface area (Å²) in [5, 5.41) is 3.47. The fraction of sp³-hybridized carbons (Fsp3) is 0.667. The van der Waals surface area contributed by atoms with Crippen LogP contribution in [0.2, 0.25) is 0 Å². The summed E-state index contributed by atoms with van der Waals surface area (Å²) in [5.74, 6) is 0. The number of nitrogens with one attached hydrogen (secondary N) is 1. The van der Waals surface area contributed by atoms with Gasteiger partial charge in [-0.15, -0.1) is 0 Å². The minimum atomic E-state index is 0.394. The van der Waals surface area contributed by atoms with Gasteiger partial charge in [-0.2, -0.15) is 0 Å². The highest BCUT2D eigenvalue weighted by atomic mass is 16.5. The van der Waals surface area contributed by atoms with E-state index in [4.69, 9.17) is 4.74 Å². The topological polar surface area (TPSA) is 24.5 Å². The number of aryl methyl sites for hydroxylation is 1. The first-order chi connectivity index (χ1) is 10.1. The number of likely N-dealkylation sites (N-methyl/N-ethyl adjacent to an activating group) is 1. The molecule has 118 valence electrons. The Morgan fingerprint density at radius 1 is 1.33 bits per heavy atom. The van der Waals surface area contributed by atoms with Gasteiger partial charge in [-0.3, -0.25) is 0 Å². The van der Waals surface area contributed by atoms with Crippen molar-refractivity contribution < 1.29 is 4.74 Å². The maximum absolute atomic E-state index is 5.85. The number of hydrogen-bond donors (Lipinski definition) is 1. The van der Waals surface area contributed by atoms with E-state index < -0.39 is 0 Å². The van der Waals surface area contributed by atoms with E-state index in [0.717, 1.165) is 19.7 Å². The van der Waals surface area contributed by atoms with E-state index in [1.165, 1.54) is 36.1 Å². The lowest BCUT2D eigenvalue weighted by atomic mass is 10.1. The summed E-state index contributed by atoms with van der Waals surface area (Å²) < 4.78 is 5.85. The number of benzene rings is 1. The molecule has 0 saturated carbocycles. The van der Waals surface area contributed by atoms with Crippen molar-refractivity contribution in [3.8, 4) is 0 Å². The van der Waals surface area contributed by atoms with Gasteiger partial charge in [0.25, 0.3) is 0 Å².